The number of piperazine rings is 1. The van der Waals surface area contributed by atoms with Crippen LogP contribution in [0.3, 0.4) is 0 Å². The molecule has 1 fully saturated rings. The van der Waals surface area contributed by atoms with Crippen molar-refractivity contribution in [2.24, 2.45) is 0 Å². The molecule has 0 N–H and O–H groups in total. The highest BCUT2D eigenvalue weighted by Crippen LogP contribution is 2.11. The highest BCUT2D eigenvalue weighted by Gasteiger charge is 2.26. The summed E-state index contributed by atoms with van der Waals surface area (Å²) in [6, 6.07) is 7.71. The van der Waals surface area contributed by atoms with E-state index in [4.69, 9.17) is 0 Å². The zero-order valence-electron chi connectivity index (χ0n) is 13.7. The Labute approximate surface area is 132 Å². The fourth-order valence-corrected chi connectivity index (χ4v) is 2.67. The number of carbonyl (C=O) groups excluding carboxylic acids is 2. The van der Waals surface area contributed by atoms with Gasteiger partial charge in [0.2, 0.25) is 0 Å². The van der Waals surface area contributed by atoms with E-state index >= 15 is 0 Å². The third-order valence-electron chi connectivity index (χ3n) is 4.17. The zero-order chi connectivity index (χ0) is 16.1. The van der Waals surface area contributed by atoms with Crippen LogP contribution in [0.15, 0.2) is 24.3 Å². The largest absolute Gasteiger partial charge is 0.335 e. The number of rotatable bonds is 3. The summed E-state index contributed by atoms with van der Waals surface area (Å²) in [5, 5.41) is 0. The van der Waals surface area contributed by atoms with Gasteiger partial charge in [-0.3, -0.25) is 4.79 Å². The highest BCUT2D eigenvalue weighted by molar-refractivity contribution is 5.94. The summed E-state index contributed by atoms with van der Waals surface area (Å²) in [4.78, 5) is 30.2. The van der Waals surface area contributed by atoms with Gasteiger partial charge >= 0.3 is 6.03 Å². The summed E-state index contributed by atoms with van der Waals surface area (Å²) < 4.78 is 0. The summed E-state index contributed by atoms with van der Waals surface area (Å²) in [7, 11) is 0. The Hall–Kier alpha value is -2.04. The second-order valence-corrected chi connectivity index (χ2v) is 5.60. The van der Waals surface area contributed by atoms with Gasteiger partial charge in [-0.05, 0) is 32.9 Å². The summed E-state index contributed by atoms with van der Waals surface area (Å²) in [5.41, 5.74) is 1.86. The van der Waals surface area contributed by atoms with Gasteiger partial charge < -0.3 is 14.7 Å². The Morgan fingerprint density at radius 2 is 1.45 bits per heavy atom. The van der Waals surface area contributed by atoms with Crippen LogP contribution in [0.25, 0.3) is 0 Å². The lowest BCUT2D eigenvalue weighted by Gasteiger charge is -2.37. The van der Waals surface area contributed by atoms with Crippen LogP contribution >= 0.6 is 0 Å². The van der Waals surface area contributed by atoms with Gasteiger partial charge in [0.1, 0.15) is 0 Å². The van der Waals surface area contributed by atoms with Crippen LogP contribution in [-0.2, 0) is 0 Å². The Morgan fingerprint density at radius 3 is 1.95 bits per heavy atom. The third-order valence-corrected chi connectivity index (χ3v) is 4.17. The predicted molar refractivity (Wildman–Crippen MR) is 87.0 cm³/mol. The van der Waals surface area contributed by atoms with E-state index in [0.29, 0.717) is 31.7 Å². The minimum atomic E-state index is 0.0509. The fraction of sp³-hybridized carbons (Fsp3) is 0.529. The molecule has 0 aromatic heterocycles. The Kier molecular flexibility index (Phi) is 5.41. The molecule has 2 rings (SSSR count). The molecule has 1 heterocycles. The molecule has 0 unspecified atom stereocenters. The maximum atomic E-state index is 12.4. The summed E-state index contributed by atoms with van der Waals surface area (Å²) in [6.07, 6.45) is 0. The van der Waals surface area contributed by atoms with Gasteiger partial charge in [-0.15, -0.1) is 0 Å². The quantitative estimate of drug-likeness (QED) is 0.859. The molecule has 0 saturated carbocycles. The van der Waals surface area contributed by atoms with Crippen molar-refractivity contribution in [2.45, 2.75) is 20.8 Å². The van der Waals surface area contributed by atoms with Crippen molar-refractivity contribution >= 4 is 11.9 Å². The first-order valence-corrected chi connectivity index (χ1v) is 7.96. The molecule has 1 aliphatic heterocycles. The van der Waals surface area contributed by atoms with Gasteiger partial charge in [0.25, 0.3) is 5.91 Å². The zero-order valence-corrected chi connectivity index (χ0v) is 13.7. The van der Waals surface area contributed by atoms with Crippen molar-refractivity contribution in [3.05, 3.63) is 35.4 Å². The Bertz CT molecular complexity index is 515. The number of aryl methyl sites for hydroxylation is 1. The first-order valence-electron chi connectivity index (χ1n) is 7.96. The van der Waals surface area contributed by atoms with E-state index in [-0.39, 0.29) is 11.9 Å². The van der Waals surface area contributed by atoms with Crippen LogP contribution in [0.2, 0.25) is 0 Å². The van der Waals surface area contributed by atoms with Gasteiger partial charge in [-0.25, -0.2) is 4.79 Å². The molecule has 0 spiro atoms. The molecule has 0 aliphatic carbocycles. The molecule has 120 valence electrons. The number of benzene rings is 1. The van der Waals surface area contributed by atoms with Gasteiger partial charge in [-0.2, -0.15) is 0 Å². The molecule has 22 heavy (non-hydrogen) atoms. The van der Waals surface area contributed by atoms with Crippen molar-refractivity contribution in [3.8, 4) is 0 Å². The van der Waals surface area contributed by atoms with E-state index in [1.807, 2.05) is 59.7 Å². The monoisotopic (exact) mass is 303 g/mol. The number of amides is 3. The topological polar surface area (TPSA) is 43.9 Å². The standard InChI is InChI=1S/C17H25N3O2/c1-4-18(5-2)17(22)20-12-10-19(11-13-20)16(21)15-8-6-14(3)7-9-15/h6-9H,4-5,10-13H2,1-3H3. The number of hydrogen-bond donors (Lipinski definition) is 0. The highest BCUT2D eigenvalue weighted by atomic mass is 16.2. The lowest BCUT2D eigenvalue weighted by Crippen LogP contribution is -2.54. The van der Waals surface area contributed by atoms with Gasteiger partial charge in [0.15, 0.2) is 0 Å². The Morgan fingerprint density at radius 1 is 0.955 bits per heavy atom. The molecule has 1 aromatic rings. The van der Waals surface area contributed by atoms with Crippen molar-refractivity contribution < 1.29 is 9.59 Å². The van der Waals surface area contributed by atoms with Crippen molar-refractivity contribution in [3.63, 3.8) is 0 Å². The van der Waals surface area contributed by atoms with Crippen LogP contribution < -0.4 is 0 Å². The number of nitrogens with zero attached hydrogens (tertiary/aromatic N) is 3. The van der Waals surface area contributed by atoms with Gasteiger partial charge in [0.05, 0.1) is 0 Å². The van der Waals surface area contributed by atoms with Crippen molar-refractivity contribution in [1.82, 2.24) is 14.7 Å². The van der Waals surface area contributed by atoms with E-state index < -0.39 is 0 Å². The molecule has 1 aromatic carbocycles. The van der Waals surface area contributed by atoms with Crippen LogP contribution in [0.1, 0.15) is 29.8 Å². The summed E-state index contributed by atoms with van der Waals surface area (Å²) >= 11 is 0. The van der Waals surface area contributed by atoms with Crippen LogP contribution in [0, 0.1) is 6.92 Å². The summed E-state index contributed by atoms with van der Waals surface area (Å²) in [6.45, 7) is 9.82. The minimum Gasteiger partial charge on any atom is -0.335 e. The SMILES string of the molecule is CCN(CC)C(=O)N1CCN(C(=O)c2ccc(C)cc2)CC1. The van der Waals surface area contributed by atoms with E-state index in [1.165, 1.54) is 0 Å². The molecular weight excluding hydrogens is 278 g/mol. The second kappa shape index (κ2) is 7.29. The second-order valence-electron chi connectivity index (χ2n) is 5.60. The molecule has 5 heteroatoms. The molecular formula is C17H25N3O2. The molecule has 1 aliphatic rings. The van der Waals surface area contributed by atoms with Gasteiger partial charge in [0, 0.05) is 44.8 Å². The first kappa shape index (κ1) is 16.3. The van der Waals surface area contributed by atoms with Crippen molar-refractivity contribution in [2.75, 3.05) is 39.3 Å². The maximum absolute atomic E-state index is 12.4. The normalized spacial score (nSPS) is 14.9. The van der Waals surface area contributed by atoms with E-state index in [2.05, 4.69) is 0 Å². The molecule has 0 bridgehead atoms. The van der Waals surface area contributed by atoms with Crippen LogP contribution in [0.4, 0.5) is 4.79 Å². The first-order chi connectivity index (χ1) is 10.6. The average Bonchev–Trinajstić information content (AvgIpc) is 2.56. The third kappa shape index (κ3) is 3.59. The van der Waals surface area contributed by atoms with E-state index in [1.54, 1.807) is 0 Å². The smallest absolute Gasteiger partial charge is 0.320 e. The lowest BCUT2D eigenvalue weighted by molar-refractivity contribution is 0.0641. The average molecular weight is 303 g/mol. The molecule has 5 nitrogen and oxygen atoms in total. The summed E-state index contributed by atoms with van der Waals surface area (Å²) in [5.74, 6) is 0.0509. The van der Waals surface area contributed by atoms with E-state index in [9.17, 15) is 9.59 Å². The van der Waals surface area contributed by atoms with Gasteiger partial charge in [-0.1, -0.05) is 17.7 Å². The van der Waals surface area contributed by atoms with Crippen molar-refractivity contribution in [1.29, 1.82) is 0 Å². The fourth-order valence-electron chi connectivity index (χ4n) is 2.67. The number of hydrogen-bond acceptors (Lipinski definition) is 2. The number of carbonyl (C=O) groups is 2. The predicted octanol–water partition coefficient (Wildman–Crippen LogP) is 2.21. The lowest BCUT2D eigenvalue weighted by atomic mass is 10.1. The molecule has 0 radical (unpaired) electrons. The maximum Gasteiger partial charge on any atom is 0.320 e. The van der Waals surface area contributed by atoms with E-state index in [0.717, 1.165) is 18.7 Å². The van der Waals surface area contributed by atoms with Crippen LogP contribution in [0.5, 0.6) is 0 Å². The number of urea groups is 1. The minimum absolute atomic E-state index is 0.0509. The van der Waals surface area contributed by atoms with Crippen LogP contribution in [-0.4, -0.2) is 65.9 Å². The molecule has 0 atom stereocenters. The molecule has 3 amide bonds. The molecule has 1 saturated heterocycles. The Balaban J connectivity index is 1.93.